The SMILES string of the molecule is NNC(=O)c1ccc(Cn2ccc3ccc(Br)cc32)s1. The van der Waals surface area contributed by atoms with Gasteiger partial charge >= 0.3 is 0 Å². The molecule has 0 atom stereocenters. The van der Waals surface area contributed by atoms with Crippen LogP contribution in [0.5, 0.6) is 0 Å². The Morgan fingerprint density at radius 2 is 2.15 bits per heavy atom. The fourth-order valence-electron chi connectivity index (χ4n) is 2.12. The highest BCUT2D eigenvalue weighted by molar-refractivity contribution is 9.10. The van der Waals surface area contributed by atoms with E-state index in [-0.39, 0.29) is 5.91 Å². The molecular weight excluding hydrogens is 338 g/mol. The van der Waals surface area contributed by atoms with Crippen molar-refractivity contribution in [2.45, 2.75) is 6.54 Å². The van der Waals surface area contributed by atoms with Crippen LogP contribution in [0, 0.1) is 0 Å². The molecule has 3 aromatic rings. The molecule has 0 saturated carbocycles. The monoisotopic (exact) mass is 349 g/mol. The minimum absolute atomic E-state index is 0.249. The van der Waals surface area contributed by atoms with Gasteiger partial charge in [-0.25, -0.2) is 5.84 Å². The third-order valence-electron chi connectivity index (χ3n) is 3.08. The van der Waals surface area contributed by atoms with Crippen LogP contribution in [0.25, 0.3) is 10.9 Å². The average molecular weight is 350 g/mol. The molecule has 1 aromatic carbocycles. The second kappa shape index (κ2) is 5.40. The summed E-state index contributed by atoms with van der Waals surface area (Å²) in [6.45, 7) is 0.739. The van der Waals surface area contributed by atoms with Crippen molar-refractivity contribution < 1.29 is 4.79 Å². The third-order valence-corrected chi connectivity index (χ3v) is 4.64. The predicted octanol–water partition coefficient (Wildman–Crippen LogP) is 3.12. The lowest BCUT2D eigenvalue weighted by Crippen LogP contribution is -2.29. The number of hydrazine groups is 1. The van der Waals surface area contributed by atoms with Crippen LogP contribution < -0.4 is 11.3 Å². The second-order valence-corrected chi connectivity index (χ2v) is 6.47. The van der Waals surface area contributed by atoms with Crippen LogP contribution in [0.15, 0.2) is 47.1 Å². The molecule has 2 heterocycles. The Labute approximate surface area is 128 Å². The summed E-state index contributed by atoms with van der Waals surface area (Å²) in [6, 6.07) is 12.0. The summed E-state index contributed by atoms with van der Waals surface area (Å²) in [5, 5.41) is 1.20. The molecule has 0 aliphatic heterocycles. The van der Waals surface area contributed by atoms with Gasteiger partial charge in [-0.1, -0.05) is 22.0 Å². The molecule has 0 saturated heterocycles. The number of amides is 1. The molecular formula is C14H12BrN3OS. The Balaban J connectivity index is 1.91. The Bertz CT molecular complexity index is 778. The van der Waals surface area contributed by atoms with Gasteiger partial charge in [-0.05, 0) is 35.7 Å². The zero-order valence-corrected chi connectivity index (χ0v) is 12.9. The molecule has 102 valence electrons. The van der Waals surface area contributed by atoms with Crippen molar-refractivity contribution >= 4 is 44.1 Å². The zero-order valence-electron chi connectivity index (χ0n) is 10.5. The van der Waals surface area contributed by atoms with Gasteiger partial charge in [0.05, 0.1) is 11.4 Å². The summed E-state index contributed by atoms with van der Waals surface area (Å²) >= 11 is 4.94. The first-order valence-corrected chi connectivity index (χ1v) is 7.62. The third kappa shape index (κ3) is 2.49. The van der Waals surface area contributed by atoms with Crippen LogP contribution in [0.4, 0.5) is 0 Å². The molecule has 4 nitrogen and oxygen atoms in total. The van der Waals surface area contributed by atoms with Gasteiger partial charge in [0.25, 0.3) is 5.91 Å². The lowest BCUT2D eigenvalue weighted by molar-refractivity contribution is 0.0957. The average Bonchev–Trinajstić information content (AvgIpc) is 3.06. The van der Waals surface area contributed by atoms with E-state index in [0.717, 1.165) is 21.4 Å². The predicted molar refractivity (Wildman–Crippen MR) is 84.7 cm³/mol. The Kier molecular flexibility index (Phi) is 3.60. The van der Waals surface area contributed by atoms with Gasteiger partial charge < -0.3 is 4.57 Å². The molecule has 0 unspecified atom stereocenters. The summed E-state index contributed by atoms with van der Waals surface area (Å²) in [7, 11) is 0. The molecule has 20 heavy (non-hydrogen) atoms. The van der Waals surface area contributed by atoms with E-state index in [0.29, 0.717) is 4.88 Å². The van der Waals surface area contributed by atoms with Crippen molar-refractivity contribution in [3.8, 4) is 0 Å². The summed E-state index contributed by atoms with van der Waals surface area (Å²) in [5.41, 5.74) is 3.31. The number of hydrogen-bond acceptors (Lipinski definition) is 3. The van der Waals surface area contributed by atoms with Gasteiger partial charge in [0.1, 0.15) is 0 Å². The van der Waals surface area contributed by atoms with Gasteiger partial charge in [0.15, 0.2) is 0 Å². The maximum atomic E-state index is 11.4. The van der Waals surface area contributed by atoms with Gasteiger partial charge in [-0.15, -0.1) is 11.3 Å². The molecule has 0 aliphatic carbocycles. The molecule has 3 N–H and O–H groups in total. The van der Waals surface area contributed by atoms with Crippen LogP contribution in [0.3, 0.4) is 0 Å². The number of nitrogens with zero attached hydrogens (tertiary/aromatic N) is 1. The molecule has 0 fully saturated rings. The number of nitrogens with two attached hydrogens (primary N) is 1. The molecule has 0 aliphatic rings. The molecule has 6 heteroatoms. The number of nitrogen functional groups attached to an aromatic ring is 1. The lowest BCUT2D eigenvalue weighted by atomic mass is 10.2. The Morgan fingerprint density at radius 1 is 1.30 bits per heavy atom. The topological polar surface area (TPSA) is 60.0 Å². The first kappa shape index (κ1) is 13.4. The van der Waals surface area contributed by atoms with Crippen molar-refractivity contribution in [1.82, 2.24) is 9.99 Å². The zero-order chi connectivity index (χ0) is 14.1. The number of thiophene rings is 1. The van der Waals surface area contributed by atoms with E-state index in [2.05, 4.69) is 50.3 Å². The number of aromatic nitrogens is 1. The van der Waals surface area contributed by atoms with E-state index >= 15 is 0 Å². The fourth-order valence-corrected chi connectivity index (χ4v) is 3.38. The van der Waals surface area contributed by atoms with E-state index in [4.69, 9.17) is 5.84 Å². The number of rotatable bonds is 3. The standard InChI is InChI=1S/C14H12BrN3OS/c15-10-2-1-9-5-6-18(12(9)7-10)8-11-3-4-13(20-11)14(19)17-16/h1-7H,8,16H2,(H,17,19). The Morgan fingerprint density at radius 3 is 2.95 bits per heavy atom. The summed E-state index contributed by atoms with van der Waals surface area (Å²) in [5.74, 6) is 4.89. The van der Waals surface area contributed by atoms with Crippen molar-refractivity contribution in [3.63, 3.8) is 0 Å². The van der Waals surface area contributed by atoms with Crippen LogP contribution in [-0.4, -0.2) is 10.5 Å². The fraction of sp³-hybridized carbons (Fsp3) is 0.0714. The highest BCUT2D eigenvalue weighted by Gasteiger charge is 2.09. The minimum atomic E-state index is -0.249. The first-order valence-electron chi connectivity index (χ1n) is 6.01. The molecule has 0 bridgehead atoms. The summed E-state index contributed by atoms with van der Waals surface area (Å²) in [6.07, 6.45) is 2.06. The van der Waals surface area contributed by atoms with E-state index < -0.39 is 0 Å². The summed E-state index contributed by atoms with van der Waals surface area (Å²) in [4.78, 5) is 13.2. The number of benzene rings is 1. The maximum Gasteiger partial charge on any atom is 0.275 e. The first-order chi connectivity index (χ1) is 9.67. The smallest absolute Gasteiger partial charge is 0.275 e. The molecule has 1 amide bonds. The van der Waals surface area contributed by atoms with Crippen LogP contribution in [0.1, 0.15) is 14.5 Å². The number of carbonyl (C=O) groups excluding carboxylic acids is 1. The largest absolute Gasteiger partial charge is 0.342 e. The molecule has 3 rings (SSSR count). The van der Waals surface area contributed by atoms with E-state index in [1.807, 2.05) is 12.1 Å². The quantitative estimate of drug-likeness (QED) is 0.433. The number of carbonyl (C=O) groups is 1. The normalized spacial score (nSPS) is 10.9. The highest BCUT2D eigenvalue weighted by atomic mass is 79.9. The lowest BCUT2D eigenvalue weighted by Gasteiger charge is -2.03. The van der Waals surface area contributed by atoms with E-state index in [1.165, 1.54) is 16.7 Å². The van der Waals surface area contributed by atoms with E-state index in [9.17, 15) is 4.79 Å². The maximum absolute atomic E-state index is 11.4. The van der Waals surface area contributed by atoms with Crippen LogP contribution >= 0.6 is 27.3 Å². The number of nitrogens with one attached hydrogen (secondary N) is 1. The van der Waals surface area contributed by atoms with Crippen LogP contribution in [0.2, 0.25) is 0 Å². The molecule has 0 spiro atoms. The van der Waals surface area contributed by atoms with E-state index in [1.54, 1.807) is 6.07 Å². The number of halogens is 1. The highest BCUT2D eigenvalue weighted by Crippen LogP contribution is 2.24. The summed E-state index contributed by atoms with van der Waals surface area (Å²) < 4.78 is 3.22. The minimum Gasteiger partial charge on any atom is -0.342 e. The number of fused-ring (bicyclic) bond motifs is 1. The Hall–Kier alpha value is -1.63. The second-order valence-electron chi connectivity index (χ2n) is 4.39. The van der Waals surface area contributed by atoms with Crippen molar-refractivity contribution in [2.75, 3.05) is 0 Å². The van der Waals surface area contributed by atoms with Crippen molar-refractivity contribution in [3.05, 3.63) is 56.8 Å². The van der Waals surface area contributed by atoms with Gasteiger partial charge in [0, 0.05) is 21.1 Å². The van der Waals surface area contributed by atoms with Crippen molar-refractivity contribution in [2.24, 2.45) is 5.84 Å². The van der Waals surface area contributed by atoms with Gasteiger partial charge in [-0.2, -0.15) is 0 Å². The van der Waals surface area contributed by atoms with Crippen LogP contribution in [-0.2, 0) is 6.54 Å². The molecule has 2 aromatic heterocycles. The van der Waals surface area contributed by atoms with Gasteiger partial charge in [-0.3, -0.25) is 10.2 Å². The number of hydrogen-bond donors (Lipinski definition) is 2. The van der Waals surface area contributed by atoms with Gasteiger partial charge in [0.2, 0.25) is 0 Å². The van der Waals surface area contributed by atoms with Crippen molar-refractivity contribution in [1.29, 1.82) is 0 Å². The molecule has 0 radical (unpaired) electrons.